The Balaban J connectivity index is 2.08. The van der Waals surface area contributed by atoms with Crippen LogP contribution in [0.5, 0.6) is 0 Å². The van der Waals surface area contributed by atoms with Crippen LogP contribution in [0.2, 0.25) is 0 Å². The average Bonchev–Trinajstić information content (AvgIpc) is 2.79. The number of nitrogens with zero attached hydrogens (tertiary/aromatic N) is 1. The van der Waals surface area contributed by atoms with E-state index in [2.05, 4.69) is 11.4 Å². The fourth-order valence-corrected chi connectivity index (χ4v) is 2.65. The summed E-state index contributed by atoms with van der Waals surface area (Å²) in [6.45, 7) is 3.80. The van der Waals surface area contributed by atoms with Gasteiger partial charge in [-0.15, -0.1) is 11.3 Å². The molecule has 1 amide bonds. The number of carbonyl (C=O) groups is 1. The quantitative estimate of drug-likeness (QED) is 0.909. The molecule has 1 unspecified atom stereocenters. The Hall–Kier alpha value is -2.32. The molecule has 102 valence electrons. The molecule has 0 spiro atoms. The summed E-state index contributed by atoms with van der Waals surface area (Å²) in [5, 5.41) is 11.7. The molecule has 1 atom stereocenters. The van der Waals surface area contributed by atoms with E-state index in [9.17, 15) is 4.79 Å². The number of thiophene rings is 1. The molecule has 0 bridgehead atoms. The molecule has 5 heteroatoms. The Morgan fingerprint density at radius 2 is 2.05 bits per heavy atom. The van der Waals surface area contributed by atoms with Gasteiger partial charge in [-0.2, -0.15) is 5.26 Å². The number of anilines is 1. The number of nitrogen functional groups attached to an aromatic ring is 1. The van der Waals surface area contributed by atoms with Gasteiger partial charge in [0.25, 0.3) is 5.91 Å². The molecule has 0 radical (unpaired) electrons. The smallest absolute Gasteiger partial charge is 0.261 e. The van der Waals surface area contributed by atoms with Crippen molar-refractivity contribution in [1.29, 1.82) is 5.26 Å². The van der Waals surface area contributed by atoms with Crippen LogP contribution in [0.15, 0.2) is 30.3 Å². The number of benzene rings is 1. The van der Waals surface area contributed by atoms with Crippen molar-refractivity contribution in [1.82, 2.24) is 5.32 Å². The number of rotatable bonds is 3. The number of amides is 1. The predicted molar refractivity (Wildman–Crippen MR) is 80.5 cm³/mol. The van der Waals surface area contributed by atoms with Gasteiger partial charge in [0.2, 0.25) is 0 Å². The van der Waals surface area contributed by atoms with Crippen LogP contribution in [-0.4, -0.2) is 5.91 Å². The molecule has 0 saturated heterocycles. The Labute approximate surface area is 121 Å². The van der Waals surface area contributed by atoms with Gasteiger partial charge in [-0.25, -0.2) is 0 Å². The molecule has 0 aliphatic carbocycles. The highest BCUT2D eigenvalue weighted by Gasteiger charge is 2.14. The zero-order valence-corrected chi connectivity index (χ0v) is 12.1. The minimum atomic E-state index is -0.133. The van der Waals surface area contributed by atoms with Crippen molar-refractivity contribution in [2.24, 2.45) is 0 Å². The van der Waals surface area contributed by atoms with E-state index in [4.69, 9.17) is 11.0 Å². The number of aryl methyl sites for hydroxylation is 1. The second-order valence-electron chi connectivity index (χ2n) is 4.55. The summed E-state index contributed by atoms with van der Waals surface area (Å²) in [6.07, 6.45) is 0. The fourth-order valence-electron chi connectivity index (χ4n) is 1.81. The number of nitrogens with one attached hydrogen (secondary N) is 1. The lowest BCUT2D eigenvalue weighted by atomic mass is 10.1. The third kappa shape index (κ3) is 2.98. The monoisotopic (exact) mass is 285 g/mol. The van der Waals surface area contributed by atoms with Gasteiger partial charge in [-0.1, -0.05) is 12.1 Å². The van der Waals surface area contributed by atoms with Crippen molar-refractivity contribution < 1.29 is 4.79 Å². The first-order chi connectivity index (χ1) is 9.51. The van der Waals surface area contributed by atoms with Crippen LogP contribution in [0.1, 0.15) is 38.6 Å². The van der Waals surface area contributed by atoms with Crippen LogP contribution < -0.4 is 11.1 Å². The number of nitrogens with two attached hydrogens (primary N) is 1. The second-order valence-corrected chi connectivity index (χ2v) is 5.81. The van der Waals surface area contributed by atoms with Crippen molar-refractivity contribution in [3.05, 3.63) is 51.2 Å². The van der Waals surface area contributed by atoms with Gasteiger partial charge in [-0.05, 0) is 37.6 Å². The molecule has 20 heavy (non-hydrogen) atoms. The highest BCUT2D eigenvalue weighted by atomic mass is 32.1. The minimum Gasteiger partial charge on any atom is -0.398 e. The molecular formula is C15H15N3OS. The Bertz CT molecular complexity index is 648. The van der Waals surface area contributed by atoms with E-state index in [1.54, 1.807) is 18.2 Å². The summed E-state index contributed by atoms with van der Waals surface area (Å²) >= 11 is 1.39. The molecule has 1 heterocycles. The van der Waals surface area contributed by atoms with Crippen LogP contribution >= 0.6 is 11.3 Å². The van der Waals surface area contributed by atoms with E-state index in [0.717, 1.165) is 10.4 Å². The van der Waals surface area contributed by atoms with Crippen molar-refractivity contribution >= 4 is 22.9 Å². The SMILES string of the molecule is Cc1sc(C(=O)NC(C)c2ccc(C#N)cc2)cc1N. The largest absolute Gasteiger partial charge is 0.398 e. The zero-order valence-electron chi connectivity index (χ0n) is 11.3. The highest BCUT2D eigenvalue weighted by molar-refractivity contribution is 7.14. The van der Waals surface area contributed by atoms with Gasteiger partial charge in [0.05, 0.1) is 22.6 Å². The van der Waals surface area contributed by atoms with Crippen LogP contribution in [0, 0.1) is 18.3 Å². The first-order valence-electron chi connectivity index (χ1n) is 6.18. The van der Waals surface area contributed by atoms with Gasteiger partial charge in [0.1, 0.15) is 0 Å². The fraction of sp³-hybridized carbons (Fsp3) is 0.200. The minimum absolute atomic E-state index is 0.126. The topological polar surface area (TPSA) is 78.9 Å². The average molecular weight is 285 g/mol. The maximum atomic E-state index is 12.1. The molecule has 3 N–H and O–H groups in total. The molecule has 0 aliphatic heterocycles. The first kappa shape index (κ1) is 14.1. The molecule has 2 aromatic rings. The van der Waals surface area contributed by atoms with Crippen LogP contribution in [0.25, 0.3) is 0 Å². The molecule has 1 aromatic carbocycles. The zero-order chi connectivity index (χ0) is 14.7. The first-order valence-corrected chi connectivity index (χ1v) is 6.99. The van der Waals surface area contributed by atoms with Crippen LogP contribution in [0.3, 0.4) is 0 Å². The van der Waals surface area contributed by atoms with Crippen LogP contribution in [-0.2, 0) is 0 Å². The van der Waals surface area contributed by atoms with E-state index in [1.807, 2.05) is 26.0 Å². The van der Waals surface area contributed by atoms with Crippen molar-refractivity contribution in [3.63, 3.8) is 0 Å². The molecule has 4 nitrogen and oxygen atoms in total. The third-order valence-corrected chi connectivity index (χ3v) is 4.13. The summed E-state index contributed by atoms with van der Waals surface area (Å²) in [4.78, 5) is 13.7. The summed E-state index contributed by atoms with van der Waals surface area (Å²) in [6, 6.07) is 10.8. The van der Waals surface area contributed by atoms with Gasteiger partial charge in [0.15, 0.2) is 0 Å². The lowest BCUT2D eigenvalue weighted by Gasteiger charge is -2.13. The summed E-state index contributed by atoms with van der Waals surface area (Å²) in [5.41, 5.74) is 7.96. The second kappa shape index (κ2) is 5.76. The van der Waals surface area contributed by atoms with Crippen molar-refractivity contribution in [2.75, 3.05) is 5.73 Å². The van der Waals surface area contributed by atoms with Gasteiger partial charge >= 0.3 is 0 Å². The summed E-state index contributed by atoms with van der Waals surface area (Å²) in [7, 11) is 0. The standard InChI is InChI=1S/C15H15N3OS/c1-9(12-5-3-11(8-16)4-6-12)18-15(19)14-7-13(17)10(2)20-14/h3-7,9H,17H2,1-2H3,(H,18,19). The van der Waals surface area contributed by atoms with E-state index < -0.39 is 0 Å². The lowest BCUT2D eigenvalue weighted by Crippen LogP contribution is -2.25. The maximum Gasteiger partial charge on any atom is 0.261 e. The highest BCUT2D eigenvalue weighted by Crippen LogP contribution is 2.24. The van der Waals surface area contributed by atoms with Gasteiger partial charge in [0, 0.05) is 10.6 Å². The summed E-state index contributed by atoms with van der Waals surface area (Å²) < 4.78 is 0. The Kier molecular flexibility index (Phi) is 4.06. The Morgan fingerprint density at radius 3 is 2.55 bits per heavy atom. The van der Waals surface area contributed by atoms with Crippen LogP contribution in [0.4, 0.5) is 5.69 Å². The van der Waals surface area contributed by atoms with E-state index in [-0.39, 0.29) is 11.9 Å². The predicted octanol–water partition coefficient (Wildman–Crippen LogP) is 3.00. The van der Waals surface area contributed by atoms with Crippen molar-refractivity contribution in [2.45, 2.75) is 19.9 Å². The summed E-state index contributed by atoms with van der Waals surface area (Å²) in [5.74, 6) is -0.133. The molecular weight excluding hydrogens is 270 g/mol. The third-order valence-electron chi connectivity index (χ3n) is 3.07. The number of nitriles is 1. The van der Waals surface area contributed by atoms with E-state index in [1.165, 1.54) is 11.3 Å². The van der Waals surface area contributed by atoms with Gasteiger partial charge in [-0.3, -0.25) is 4.79 Å². The van der Waals surface area contributed by atoms with E-state index in [0.29, 0.717) is 16.1 Å². The molecule has 0 saturated carbocycles. The maximum absolute atomic E-state index is 12.1. The molecule has 0 fully saturated rings. The van der Waals surface area contributed by atoms with E-state index >= 15 is 0 Å². The van der Waals surface area contributed by atoms with Crippen molar-refractivity contribution in [3.8, 4) is 6.07 Å². The molecule has 2 rings (SSSR count). The number of hydrogen-bond donors (Lipinski definition) is 2. The Morgan fingerprint density at radius 1 is 1.40 bits per heavy atom. The number of hydrogen-bond acceptors (Lipinski definition) is 4. The molecule has 0 aliphatic rings. The van der Waals surface area contributed by atoms with Gasteiger partial charge < -0.3 is 11.1 Å². The lowest BCUT2D eigenvalue weighted by molar-refractivity contribution is 0.0944. The normalized spacial score (nSPS) is 11.7. The molecule has 1 aromatic heterocycles. The number of carbonyl (C=O) groups excluding carboxylic acids is 1.